The van der Waals surface area contributed by atoms with Crippen molar-refractivity contribution in [1.29, 1.82) is 0 Å². The zero-order chi connectivity index (χ0) is 10.7. The van der Waals surface area contributed by atoms with Crippen molar-refractivity contribution in [2.24, 2.45) is 0 Å². The minimum atomic E-state index is 0. The Labute approximate surface area is 129 Å². The molecule has 1 aromatic carbocycles. The van der Waals surface area contributed by atoms with Gasteiger partial charge in [-0.25, -0.2) is 0 Å². The van der Waals surface area contributed by atoms with E-state index in [4.69, 9.17) is 0 Å². The number of nitrogens with zero attached hydrogens (tertiary/aromatic N) is 1. The highest BCUT2D eigenvalue weighted by Gasteiger charge is 2.17. The Balaban J connectivity index is 0.00000128. The zero-order valence-electron chi connectivity index (χ0n) is 9.86. The zero-order valence-corrected chi connectivity index (χ0v) is 13.6. The van der Waals surface area contributed by atoms with E-state index in [-0.39, 0.29) is 24.8 Å². The first-order chi connectivity index (χ1) is 7.27. The van der Waals surface area contributed by atoms with Gasteiger partial charge in [-0.15, -0.1) is 24.8 Å². The Morgan fingerprint density at radius 2 is 1.88 bits per heavy atom. The standard InChI is InChI=1S/C12H17IN2.2ClH/c1-10(15-7-5-14-6-8-15)11-3-2-4-12(13)9-11;;/h2-4,9-10,14H,5-8H2,1H3;2*1H/t10-;;/m1../s1. The fourth-order valence-corrected chi connectivity index (χ4v) is 2.61. The van der Waals surface area contributed by atoms with E-state index in [0.717, 1.165) is 26.2 Å². The molecule has 5 heteroatoms. The van der Waals surface area contributed by atoms with Gasteiger partial charge in [0.15, 0.2) is 0 Å². The lowest BCUT2D eigenvalue weighted by Gasteiger charge is -2.33. The third kappa shape index (κ3) is 4.91. The van der Waals surface area contributed by atoms with Gasteiger partial charge in [0.25, 0.3) is 0 Å². The van der Waals surface area contributed by atoms with Crippen LogP contribution in [-0.4, -0.2) is 31.1 Å². The van der Waals surface area contributed by atoms with Gasteiger partial charge in [-0.1, -0.05) is 12.1 Å². The number of halogens is 3. The summed E-state index contributed by atoms with van der Waals surface area (Å²) in [7, 11) is 0. The summed E-state index contributed by atoms with van der Waals surface area (Å²) < 4.78 is 1.33. The van der Waals surface area contributed by atoms with E-state index < -0.39 is 0 Å². The second kappa shape index (κ2) is 8.53. The molecule has 1 atom stereocenters. The van der Waals surface area contributed by atoms with E-state index in [2.05, 4.69) is 64.0 Å². The molecule has 0 radical (unpaired) electrons. The first-order valence-electron chi connectivity index (χ1n) is 5.47. The van der Waals surface area contributed by atoms with Crippen LogP contribution in [0.1, 0.15) is 18.5 Å². The van der Waals surface area contributed by atoms with Crippen LogP contribution >= 0.6 is 47.4 Å². The minimum Gasteiger partial charge on any atom is -0.314 e. The molecule has 1 heterocycles. The number of nitrogens with one attached hydrogen (secondary N) is 1. The monoisotopic (exact) mass is 388 g/mol. The molecule has 1 aromatic rings. The van der Waals surface area contributed by atoms with E-state index in [0.29, 0.717) is 6.04 Å². The first-order valence-corrected chi connectivity index (χ1v) is 6.55. The lowest BCUT2D eigenvalue weighted by molar-refractivity contribution is 0.185. The maximum atomic E-state index is 3.39. The number of piperazine rings is 1. The Morgan fingerprint density at radius 1 is 1.24 bits per heavy atom. The predicted molar refractivity (Wildman–Crippen MR) is 86.5 cm³/mol. The molecule has 1 fully saturated rings. The maximum absolute atomic E-state index is 3.39. The summed E-state index contributed by atoms with van der Waals surface area (Å²) in [4.78, 5) is 2.54. The molecule has 0 bridgehead atoms. The van der Waals surface area contributed by atoms with Gasteiger partial charge < -0.3 is 5.32 Å². The van der Waals surface area contributed by atoms with Gasteiger partial charge in [0.1, 0.15) is 0 Å². The fraction of sp³-hybridized carbons (Fsp3) is 0.500. The Hall–Kier alpha value is 0.450. The molecule has 17 heavy (non-hydrogen) atoms. The normalized spacial score (nSPS) is 17.8. The van der Waals surface area contributed by atoms with Crippen molar-refractivity contribution in [3.63, 3.8) is 0 Å². The molecular weight excluding hydrogens is 370 g/mol. The Kier molecular flexibility index (Phi) is 8.76. The van der Waals surface area contributed by atoms with Crippen LogP contribution in [0.4, 0.5) is 0 Å². The third-order valence-electron chi connectivity index (χ3n) is 3.03. The van der Waals surface area contributed by atoms with Crippen molar-refractivity contribution >= 4 is 47.4 Å². The van der Waals surface area contributed by atoms with Crippen molar-refractivity contribution in [3.8, 4) is 0 Å². The molecule has 2 nitrogen and oxygen atoms in total. The van der Waals surface area contributed by atoms with E-state index in [1.165, 1.54) is 9.13 Å². The van der Waals surface area contributed by atoms with E-state index in [1.54, 1.807) is 0 Å². The molecule has 0 aliphatic carbocycles. The van der Waals surface area contributed by atoms with Gasteiger partial charge in [-0.3, -0.25) is 4.90 Å². The number of benzene rings is 1. The number of hydrogen-bond donors (Lipinski definition) is 1. The van der Waals surface area contributed by atoms with E-state index in [1.807, 2.05) is 0 Å². The SMILES string of the molecule is C[C@H](c1cccc(I)c1)N1CCNCC1.Cl.Cl. The highest BCUT2D eigenvalue weighted by molar-refractivity contribution is 14.1. The van der Waals surface area contributed by atoms with Crippen LogP contribution in [0.25, 0.3) is 0 Å². The summed E-state index contributed by atoms with van der Waals surface area (Å²) in [5.41, 5.74) is 1.43. The van der Waals surface area contributed by atoms with Crippen molar-refractivity contribution in [3.05, 3.63) is 33.4 Å². The Morgan fingerprint density at radius 3 is 2.47 bits per heavy atom. The topological polar surface area (TPSA) is 15.3 Å². The van der Waals surface area contributed by atoms with Crippen molar-refractivity contribution < 1.29 is 0 Å². The molecule has 1 saturated heterocycles. The van der Waals surface area contributed by atoms with Crippen LogP contribution < -0.4 is 5.32 Å². The summed E-state index contributed by atoms with van der Waals surface area (Å²) in [5.74, 6) is 0. The second-order valence-electron chi connectivity index (χ2n) is 4.02. The van der Waals surface area contributed by atoms with Crippen LogP contribution in [0.5, 0.6) is 0 Å². The number of rotatable bonds is 2. The molecule has 0 amide bonds. The second-order valence-corrected chi connectivity index (χ2v) is 5.26. The highest BCUT2D eigenvalue weighted by atomic mass is 127. The van der Waals surface area contributed by atoms with Gasteiger partial charge in [0.05, 0.1) is 0 Å². The summed E-state index contributed by atoms with van der Waals surface area (Å²) in [6.45, 7) is 6.86. The summed E-state index contributed by atoms with van der Waals surface area (Å²) in [6, 6.07) is 9.36. The average Bonchev–Trinajstić information content (AvgIpc) is 2.29. The molecular formula is C12H19Cl2IN2. The predicted octanol–water partition coefficient (Wildman–Crippen LogP) is 3.10. The van der Waals surface area contributed by atoms with Crippen LogP contribution in [0, 0.1) is 3.57 Å². The quantitative estimate of drug-likeness (QED) is 0.783. The van der Waals surface area contributed by atoms with Gasteiger partial charge in [0.2, 0.25) is 0 Å². The van der Waals surface area contributed by atoms with Crippen molar-refractivity contribution in [1.82, 2.24) is 10.2 Å². The van der Waals surface area contributed by atoms with Gasteiger partial charge >= 0.3 is 0 Å². The Bertz CT molecular complexity index is 330. The average molecular weight is 389 g/mol. The fourth-order valence-electron chi connectivity index (χ4n) is 2.05. The van der Waals surface area contributed by atoms with Crippen LogP contribution in [-0.2, 0) is 0 Å². The minimum absolute atomic E-state index is 0. The summed E-state index contributed by atoms with van der Waals surface area (Å²) in [5, 5.41) is 3.39. The molecule has 0 spiro atoms. The molecule has 1 N–H and O–H groups in total. The van der Waals surface area contributed by atoms with Gasteiger partial charge in [0, 0.05) is 35.8 Å². The molecule has 0 aromatic heterocycles. The number of hydrogen-bond acceptors (Lipinski definition) is 2. The van der Waals surface area contributed by atoms with Crippen LogP contribution in [0.2, 0.25) is 0 Å². The molecule has 0 unspecified atom stereocenters. The smallest absolute Gasteiger partial charge is 0.0321 e. The van der Waals surface area contributed by atoms with Gasteiger partial charge in [-0.2, -0.15) is 0 Å². The summed E-state index contributed by atoms with van der Waals surface area (Å²) in [6.07, 6.45) is 0. The largest absolute Gasteiger partial charge is 0.314 e. The van der Waals surface area contributed by atoms with Crippen molar-refractivity contribution in [2.75, 3.05) is 26.2 Å². The summed E-state index contributed by atoms with van der Waals surface area (Å²) >= 11 is 2.38. The lowest BCUT2D eigenvalue weighted by Crippen LogP contribution is -2.44. The lowest BCUT2D eigenvalue weighted by atomic mass is 10.1. The molecule has 0 saturated carbocycles. The van der Waals surface area contributed by atoms with E-state index >= 15 is 0 Å². The molecule has 98 valence electrons. The van der Waals surface area contributed by atoms with Crippen molar-refractivity contribution in [2.45, 2.75) is 13.0 Å². The van der Waals surface area contributed by atoms with Gasteiger partial charge in [-0.05, 0) is 47.2 Å². The van der Waals surface area contributed by atoms with E-state index in [9.17, 15) is 0 Å². The highest BCUT2D eigenvalue weighted by Crippen LogP contribution is 2.21. The first kappa shape index (κ1) is 17.4. The molecule has 1 aliphatic rings. The van der Waals surface area contributed by atoms with Crippen LogP contribution in [0.15, 0.2) is 24.3 Å². The third-order valence-corrected chi connectivity index (χ3v) is 3.70. The molecule has 2 rings (SSSR count). The maximum Gasteiger partial charge on any atom is 0.0321 e. The molecule has 1 aliphatic heterocycles. The van der Waals surface area contributed by atoms with Crippen LogP contribution in [0.3, 0.4) is 0 Å².